The molecule has 1 aliphatic heterocycles. The van der Waals surface area contributed by atoms with Crippen molar-refractivity contribution in [3.63, 3.8) is 0 Å². The number of hydrogen-bond donors (Lipinski definition) is 0. The van der Waals surface area contributed by atoms with Crippen LogP contribution in [0.4, 0.5) is 0 Å². The van der Waals surface area contributed by atoms with Crippen LogP contribution in [0.25, 0.3) is 0 Å². The molecule has 1 aromatic rings. The van der Waals surface area contributed by atoms with Crippen molar-refractivity contribution in [3.05, 3.63) is 11.9 Å². The summed E-state index contributed by atoms with van der Waals surface area (Å²) in [5.74, 6) is 0. The summed E-state index contributed by atoms with van der Waals surface area (Å²) in [4.78, 5) is 2.49. The van der Waals surface area contributed by atoms with Gasteiger partial charge in [0.25, 0.3) is 0 Å². The van der Waals surface area contributed by atoms with Gasteiger partial charge in [-0.25, -0.2) is 4.68 Å². The molecule has 1 aliphatic rings. The van der Waals surface area contributed by atoms with E-state index in [0.717, 1.165) is 13.1 Å². The van der Waals surface area contributed by atoms with E-state index >= 15 is 0 Å². The normalized spacial score (nSPS) is 23.6. The topological polar surface area (TPSA) is 34.0 Å². The van der Waals surface area contributed by atoms with Gasteiger partial charge in [-0.05, 0) is 27.7 Å². The van der Waals surface area contributed by atoms with Gasteiger partial charge < -0.3 is 0 Å². The fourth-order valence-corrected chi connectivity index (χ4v) is 2.24. The lowest BCUT2D eigenvalue weighted by atomic mass is 10.0. The maximum absolute atomic E-state index is 4.06. The summed E-state index contributed by atoms with van der Waals surface area (Å²) in [6.07, 6.45) is 1.88. The van der Waals surface area contributed by atoms with Crippen LogP contribution in [0.2, 0.25) is 0 Å². The first-order valence-electron chi connectivity index (χ1n) is 5.15. The highest BCUT2D eigenvalue weighted by molar-refractivity contribution is 5.05. The van der Waals surface area contributed by atoms with Gasteiger partial charge in [-0.2, -0.15) is 0 Å². The summed E-state index contributed by atoms with van der Waals surface area (Å²) >= 11 is 0. The van der Waals surface area contributed by atoms with Crippen LogP contribution < -0.4 is 0 Å². The zero-order valence-electron chi connectivity index (χ0n) is 9.36. The lowest BCUT2D eigenvalue weighted by Crippen LogP contribution is -2.48. The summed E-state index contributed by atoms with van der Waals surface area (Å²) in [5, 5.41) is 8.02. The van der Waals surface area contributed by atoms with E-state index < -0.39 is 0 Å². The zero-order valence-corrected chi connectivity index (χ0v) is 9.36. The fraction of sp³-hybridized carbons (Fsp3) is 0.800. The Kier molecular flexibility index (Phi) is 2.10. The third-order valence-electron chi connectivity index (χ3n) is 2.96. The minimum Gasteiger partial charge on any atom is -0.288 e. The van der Waals surface area contributed by atoms with Gasteiger partial charge in [0.05, 0.1) is 24.5 Å². The zero-order chi connectivity index (χ0) is 10.3. The first-order chi connectivity index (χ1) is 6.50. The molecule has 4 heteroatoms. The van der Waals surface area contributed by atoms with Gasteiger partial charge in [0.2, 0.25) is 0 Å². The highest BCUT2D eigenvalue weighted by atomic mass is 15.5. The van der Waals surface area contributed by atoms with Crippen LogP contribution in [0.15, 0.2) is 6.20 Å². The van der Waals surface area contributed by atoms with Gasteiger partial charge in [0.1, 0.15) is 0 Å². The van der Waals surface area contributed by atoms with E-state index in [2.05, 4.69) is 42.9 Å². The van der Waals surface area contributed by atoms with Gasteiger partial charge in [-0.3, -0.25) is 4.90 Å². The van der Waals surface area contributed by atoms with E-state index in [1.165, 1.54) is 5.69 Å². The number of fused-ring (bicyclic) bond motifs is 1. The molecule has 0 N–H and O–H groups in total. The molecule has 2 heterocycles. The minimum atomic E-state index is 0.217. The average Bonchev–Trinajstić information content (AvgIpc) is 2.50. The van der Waals surface area contributed by atoms with Crippen LogP contribution in [0.5, 0.6) is 0 Å². The highest BCUT2D eigenvalue weighted by Crippen LogP contribution is 2.29. The third-order valence-corrected chi connectivity index (χ3v) is 2.96. The molecule has 0 fully saturated rings. The first kappa shape index (κ1) is 9.65. The maximum Gasteiger partial charge on any atom is 0.0756 e. The number of nitrogens with zero attached hydrogens (tertiary/aromatic N) is 4. The van der Waals surface area contributed by atoms with E-state index in [1.807, 2.05) is 10.9 Å². The monoisotopic (exact) mass is 194 g/mol. The van der Waals surface area contributed by atoms with Crippen LogP contribution in [0.3, 0.4) is 0 Å². The lowest BCUT2D eigenvalue weighted by molar-refractivity contribution is 0.0614. The first-order valence-corrected chi connectivity index (χ1v) is 5.15. The van der Waals surface area contributed by atoms with E-state index in [0.29, 0.717) is 6.04 Å². The Hall–Kier alpha value is -0.900. The molecule has 78 valence electrons. The average molecular weight is 194 g/mol. The number of aromatic nitrogens is 3. The third kappa shape index (κ3) is 1.43. The Morgan fingerprint density at radius 1 is 1.36 bits per heavy atom. The van der Waals surface area contributed by atoms with Crippen molar-refractivity contribution in [1.29, 1.82) is 0 Å². The molecule has 0 saturated carbocycles. The summed E-state index contributed by atoms with van der Waals surface area (Å²) in [6, 6.07) is 0.416. The largest absolute Gasteiger partial charge is 0.288 e. The quantitative estimate of drug-likeness (QED) is 0.627. The molecular formula is C10H18N4. The Labute approximate surface area is 84.9 Å². The molecule has 0 amide bonds. The van der Waals surface area contributed by atoms with Crippen molar-refractivity contribution in [2.24, 2.45) is 0 Å². The highest BCUT2D eigenvalue weighted by Gasteiger charge is 2.32. The predicted octanol–water partition coefficient (Wildman–Crippen LogP) is 1.45. The molecule has 2 rings (SSSR count). The van der Waals surface area contributed by atoms with Crippen LogP contribution >= 0.6 is 0 Å². The van der Waals surface area contributed by atoms with Crippen molar-refractivity contribution in [2.45, 2.75) is 45.8 Å². The Bertz CT molecular complexity index is 323. The number of rotatable bonds is 0. The van der Waals surface area contributed by atoms with Crippen molar-refractivity contribution in [1.82, 2.24) is 19.9 Å². The summed E-state index contributed by atoms with van der Waals surface area (Å²) in [7, 11) is 0. The van der Waals surface area contributed by atoms with Crippen LogP contribution in [-0.4, -0.2) is 32.0 Å². The molecule has 1 atom stereocenters. The smallest absolute Gasteiger partial charge is 0.0756 e. The molecule has 0 radical (unpaired) electrons. The van der Waals surface area contributed by atoms with Crippen molar-refractivity contribution < 1.29 is 0 Å². The van der Waals surface area contributed by atoms with Gasteiger partial charge in [0, 0.05) is 12.1 Å². The fourth-order valence-electron chi connectivity index (χ4n) is 2.24. The molecular weight excluding hydrogens is 176 g/mol. The Balaban J connectivity index is 2.30. The minimum absolute atomic E-state index is 0.217. The summed E-state index contributed by atoms with van der Waals surface area (Å²) in [5.41, 5.74) is 1.45. The lowest BCUT2D eigenvalue weighted by Gasteiger charge is -2.42. The van der Waals surface area contributed by atoms with E-state index in [-0.39, 0.29) is 5.54 Å². The van der Waals surface area contributed by atoms with Crippen molar-refractivity contribution in [2.75, 3.05) is 6.54 Å². The van der Waals surface area contributed by atoms with Crippen molar-refractivity contribution >= 4 is 0 Å². The second kappa shape index (κ2) is 3.05. The van der Waals surface area contributed by atoms with Crippen LogP contribution in [0.1, 0.15) is 39.4 Å². The number of hydrogen-bond acceptors (Lipinski definition) is 3. The second-order valence-electron chi connectivity index (χ2n) is 4.92. The van der Waals surface area contributed by atoms with Crippen LogP contribution in [-0.2, 0) is 6.54 Å². The summed E-state index contributed by atoms with van der Waals surface area (Å²) in [6.45, 7) is 11.0. The SMILES string of the molecule is C[C@@H]1c2cnnn2CCN1C(C)(C)C. The molecule has 4 nitrogen and oxygen atoms in total. The predicted molar refractivity (Wildman–Crippen MR) is 54.9 cm³/mol. The standard InChI is InChI=1S/C10H18N4/c1-8-9-7-11-12-14(9)6-5-13(8)10(2,3)4/h7-8H,5-6H2,1-4H3/t8-/m1/s1. The second-order valence-corrected chi connectivity index (χ2v) is 4.92. The van der Waals surface area contributed by atoms with Crippen LogP contribution in [0, 0.1) is 0 Å². The summed E-state index contributed by atoms with van der Waals surface area (Å²) < 4.78 is 2.01. The van der Waals surface area contributed by atoms with Gasteiger partial charge in [0.15, 0.2) is 0 Å². The van der Waals surface area contributed by atoms with E-state index in [9.17, 15) is 0 Å². The van der Waals surface area contributed by atoms with Crippen molar-refractivity contribution in [3.8, 4) is 0 Å². The van der Waals surface area contributed by atoms with Gasteiger partial charge in [-0.1, -0.05) is 5.21 Å². The molecule has 0 aliphatic carbocycles. The molecule has 0 spiro atoms. The molecule has 0 bridgehead atoms. The molecule has 1 aromatic heterocycles. The molecule has 0 aromatic carbocycles. The Morgan fingerprint density at radius 3 is 2.71 bits per heavy atom. The molecule has 0 unspecified atom stereocenters. The van der Waals surface area contributed by atoms with E-state index in [4.69, 9.17) is 0 Å². The maximum atomic E-state index is 4.06. The van der Waals surface area contributed by atoms with Gasteiger partial charge >= 0.3 is 0 Å². The Morgan fingerprint density at radius 2 is 2.07 bits per heavy atom. The van der Waals surface area contributed by atoms with Gasteiger partial charge in [-0.15, -0.1) is 5.10 Å². The molecule has 0 saturated heterocycles. The van der Waals surface area contributed by atoms with E-state index in [1.54, 1.807) is 0 Å². The molecule has 14 heavy (non-hydrogen) atoms.